The lowest BCUT2D eigenvalue weighted by Crippen LogP contribution is -2.48. The first-order chi connectivity index (χ1) is 14.2. The number of nitrogens with zero attached hydrogens (tertiary/aromatic N) is 2. The van der Waals surface area contributed by atoms with Gasteiger partial charge in [0.25, 0.3) is 0 Å². The van der Waals surface area contributed by atoms with Gasteiger partial charge in [0.2, 0.25) is 0 Å². The highest BCUT2D eigenvalue weighted by atomic mass is 19.1. The lowest BCUT2D eigenvalue weighted by Gasteiger charge is -2.33. The van der Waals surface area contributed by atoms with E-state index in [2.05, 4.69) is 20.5 Å². The molecule has 6 heteroatoms. The lowest BCUT2D eigenvalue weighted by molar-refractivity contribution is 0.197. The molecule has 0 bridgehead atoms. The second kappa shape index (κ2) is 9.27. The molecule has 2 fully saturated rings. The minimum absolute atomic E-state index is 0.227. The van der Waals surface area contributed by atoms with Crippen LogP contribution >= 0.6 is 0 Å². The van der Waals surface area contributed by atoms with E-state index in [1.165, 1.54) is 32.0 Å². The first-order valence-corrected chi connectivity index (χ1v) is 10.4. The average molecular weight is 397 g/mol. The number of nitrogens with one attached hydrogen (secondary N) is 2. The molecule has 1 aliphatic heterocycles. The number of ether oxygens (including phenoxy) is 1. The zero-order valence-corrected chi connectivity index (χ0v) is 16.9. The highest BCUT2D eigenvalue weighted by Crippen LogP contribution is 2.29. The van der Waals surface area contributed by atoms with Crippen LogP contribution in [0.25, 0.3) is 0 Å². The number of guanidine groups is 1. The van der Waals surface area contributed by atoms with Crippen molar-refractivity contribution in [3.63, 3.8) is 0 Å². The average Bonchev–Trinajstić information content (AvgIpc) is 3.59. The summed E-state index contributed by atoms with van der Waals surface area (Å²) in [6.45, 7) is 2.88. The van der Waals surface area contributed by atoms with E-state index >= 15 is 0 Å². The molecule has 0 amide bonds. The van der Waals surface area contributed by atoms with Gasteiger partial charge in [0.15, 0.2) is 17.5 Å². The molecule has 1 saturated heterocycles. The Morgan fingerprint density at radius 3 is 2.41 bits per heavy atom. The standard InChI is InChI=1S/C23H29FN4O/c1-25-23(27-18-12-14-28(15-13-18)19-10-11-19)26-16-17-6-2-4-8-21(17)29-22-9-5-3-7-20(22)24/h2-9,18-19H,10-16H2,1H3,(H2,25,26,27). The van der Waals surface area contributed by atoms with E-state index in [0.29, 0.717) is 18.3 Å². The molecule has 2 aromatic rings. The predicted molar refractivity (Wildman–Crippen MR) is 114 cm³/mol. The highest BCUT2D eigenvalue weighted by Gasteiger charge is 2.31. The largest absolute Gasteiger partial charge is 0.454 e. The molecular formula is C23H29FN4O. The van der Waals surface area contributed by atoms with Crippen LogP contribution in [0.1, 0.15) is 31.2 Å². The zero-order valence-electron chi connectivity index (χ0n) is 16.9. The number of likely N-dealkylation sites (tertiary alicyclic amines) is 1. The minimum atomic E-state index is -0.370. The van der Waals surface area contributed by atoms with Crippen LogP contribution in [0.15, 0.2) is 53.5 Å². The number of hydrogen-bond acceptors (Lipinski definition) is 3. The highest BCUT2D eigenvalue weighted by molar-refractivity contribution is 5.80. The summed E-state index contributed by atoms with van der Waals surface area (Å²) in [5, 5.41) is 6.92. The molecule has 5 nitrogen and oxygen atoms in total. The van der Waals surface area contributed by atoms with Crippen molar-refractivity contribution in [3.8, 4) is 11.5 Å². The summed E-state index contributed by atoms with van der Waals surface area (Å²) in [4.78, 5) is 6.99. The van der Waals surface area contributed by atoms with Gasteiger partial charge in [-0.2, -0.15) is 0 Å². The van der Waals surface area contributed by atoms with Crippen LogP contribution in [0.3, 0.4) is 0 Å². The van der Waals surface area contributed by atoms with Gasteiger partial charge < -0.3 is 20.3 Å². The molecule has 0 aromatic heterocycles. The Morgan fingerprint density at radius 1 is 1.03 bits per heavy atom. The first kappa shape index (κ1) is 19.7. The molecule has 4 rings (SSSR count). The molecule has 0 spiro atoms. The van der Waals surface area contributed by atoms with Crippen LogP contribution in [0.4, 0.5) is 4.39 Å². The van der Waals surface area contributed by atoms with Gasteiger partial charge in [-0.25, -0.2) is 4.39 Å². The van der Waals surface area contributed by atoms with Crippen molar-refractivity contribution in [2.75, 3.05) is 20.1 Å². The van der Waals surface area contributed by atoms with Gasteiger partial charge in [-0.15, -0.1) is 0 Å². The number of aliphatic imine (C=N–C) groups is 1. The summed E-state index contributed by atoms with van der Waals surface area (Å²) in [7, 11) is 1.79. The van der Waals surface area contributed by atoms with Gasteiger partial charge in [-0.1, -0.05) is 30.3 Å². The Bertz CT molecular complexity index is 844. The smallest absolute Gasteiger partial charge is 0.191 e. The van der Waals surface area contributed by atoms with Gasteiger partial charge in [-0.3, -0.25) is 4.99 Å². The number of piperidine rings is 1. The molecule has 2 N–H and O–H groups in total. The van der Waals surface area contributed by atoms with Crippen molar-refractivity contribution in [2.24, 2.45) is 4.99 Å². The lowest BCUT2D eigenvalue weighted by atomic mass is 10.1. The van der Waals surface area contributed by atoms with Gasteiger partial charge in [0.05, 0.1) is 0 Å². The molecule has 0 unspecified atom stereocenters. The van der Waals surface area contributed by atoms with E-state index in [4.69, 9.17) is 4.74 Å². The Labute approximate surface area is 172 Å². The SMILES string of the molecule is CN=C(NCc1ccccc1Oc1ccccc1F)NC1CCN(C2CC2)CC1. The Balaban J connectivity index is 1.32. The maximum atomic E-state index is 13.9. The second-order valence-electron chi connectivity index (χ2n) is 7.75. The normalized spacial score (nSPS) is 18.5. The van der Waals surface area contributed by atoms with E-state index in [-0.39, 0.29) is 11.6 Å². The van der Waals surface area contributed by atoms with Gasteiger partial charge in [0.1, 0.15) is 5.75 Å². The van der Waals surface area contributed by atoms with Gasteiger partial charge in [0, 0.05) is 44.3 Å². The molecule has 1 aliphatic carbocycles. The fourth-order valence-electron chi connectivity index (χ4n) is 3.81. The Kier molecular flexibility index (Phi) is 6.30. The predicted octanol–water partition coefficient (Wildman–Crippen LogP) is 3.91. The van der Waals surface area contributed by atoms with Crippen LogP contribution in [0.2, 0.25) is 0 Å². The third kappa shape index (κ3) is 5.26. The molecule has 29 heavy (non-hydrogen) atoms. The quantitative estimate of drug-likeness (QED) is 0.574. The molecule has 1 saturated carbocycles. The van der Waals surface area contributed by atoms with Gasteiger partial charge >= 0.3 is 0 Å². The molecular weight excluding hydrogens is 367 g/mol. The number of benzene rings is 2. The number of para-hydroxylation sites is 2. The second-order valence-corrected chi connectivity index (χ2v) is 7.75. The van der Waals surface area contributed by atoms with E-state index in [0.717, 1.165) is 30.4 Å². The third-order valence-electron chi connectivity index (χ3n) is 5.63. The maximum Gasteiger partial charge on any atom is 0.191 e. The van der Waals surface area contributed by atoms with Crippen molar-refractivity contribution >= 4 is 5.96 Å². The molecule has 1 heterocycles. The minimum Gasteiger partial charge on any atom is -0.454 e. The number of hydrogen-bond donors (Lipinski definition) is 2. The Morgan fingerprint density at radius 2 is 1.72 bits per heavy atom. The molecule has 0 radical (unpaired) electrons. The monoisotopic (exact) mass is 396 g/mol. The Hall–Kier alpha value is -2.60. The van der Waals surface area contributed by atoms with Crippen molar-refractivity contribution in [3.05, 3.63) is 59.9 Å². The molecule has 2 aliphatic rings. The van der Waals surface area contributed by atoms with Crippen LogP contribution in [-0.2, 0) is 6.54 Å². The fraction of sp³-hybridized carbons (Fsp3) is 0.435. The van der Waals surface area contributed by atoms with Crippen molar-refractivity contribution in [2.45, 2.75) is 44.3 Å². The van der Waals surface area contributed by atoms with Crippen molar-refractivity contribution < 1.29 is 9.13 Å². The first-order valence-electron chi connectivity index (χ1n) is 10.4. The van der Waals surface area contributed by atoms with Crippen LogP contribution < -0.4 is 15.4 Å². The number of rotatable bonds is 6. The van der Waals surface area contributed by atoms with E-state index in [1.807, 2.05) is 24.3 Å². The number of halogens is 1. The van der Waals surface area contributed by atoms with E-state index in [1.54, 1.807) is 25.2 Å². The van der Waals surface area contributed by atoms with Crippen LogP contribution in [0, 0.1) is 5.82 Å². The van der Waals surface area contributed by atoms with Gasteiger partial charge in [-0.05, 0) is 43.9 Å². The van der Waals surface area contributed by atoms with E-state index in [9.17, 15) is 4.39 Å². The molecule has 0 atom stereocenters. The topological polar surface area (TPSA) is 48.9 Å². The molecule has 154 valence electrons. The summed E-state index contributed by atoms with van der Waals surface area (Å²) in [5.41, 5.74) is 0.947. The summed E-state index contributed by atoms with van der Waals surface area (Å²) >= 11 is 0. The third-order valence-corrected chi connectivity index (χ3v) is 5.63. The zero-order chi connectivity index (χ0) is 20.1. The summed E-state index contributed by atoms with van der Waals surface area (Å²) in [5.74, 6) is 1.28. The van der Waals surface area contributed by atoms with Crippen LogP contribution in [-0.4, -0.2) is 43.1 Å². The van der Waals surface area contributed by atoms with Crippen molar-refractivity contribution in [1.29, 1.82) is 0 Å². The fourth-order valence-corrected chi connectivity index (χ4v) is 3.81. The summed E-state index contributed by atoms with van der Waals surface area (Å²) in [6.07, 6.45) is 5.03. The maximum absolute atomic E-state index is 13.9. The van der Waals surface area contributed by atoms with Crippen molar-refractivity contribution in [1.82, 2.24) is 15.5 Å². The summed E-state index contributed by atoms with van der Waals surface area (Å²) in [6, 6.07) is 15.4. The summed E-state index contributed by atoms with van der Waals surface area (Å²) < 4.78 is 19.8. The van der Waals surface area contributed by atoms with Crippen LogP contribution in [0.5, 0.6) is 11.5 Å². The molecule has 2 aromatic carbocycles. The van der Waals surface area contributed by atoms with E-state index < -0.39 is 0 Å².